The van der Waals surface area contributed by atoms with E-state index in [2.05, 4.69) is 0 Å². The number of aliphatic hydroxyl groups is 1. The van der Waals surface area contributed by atoms with Gasteiger partial charge in [0.25, 0.3) is 0 Å². The van der Waals surface area contributed by atoms with Crippen molar-refractivity contribution in [3.05, 3.63) is 0 Å². The minimum atomic E-state index is -0.437. The molecule has 68 valence electrons. The number of hydrogen-bond donors (Lipinski definition) is 1. The lowest BCUT2D eigenvalue weighted by molar-refractivity contribution is -0.370. The van der Waals surface area contributed by atoms with Crippen molar-refractivity contribution < 1.29 is 14.8 Å². The molecular weight excluding hydrogens is 146 g/mol. The van der Waals surface area contributed by atoms with Gasteiger partial charge in [0.2, 0.25) is 0 Å². The summed E-state index contributed by atoms with van der Waals surface area (Å²) < 4.78 is 0. The normalized spacial score (nSPS) is 13.9. The van der Waals surface area contributed by atoms with Gasteiger partial charge in [-0.25, -0.2) is 0 Å². The van der Waals surface area contributed by atoms with Gasteiger partial charge in [-0.3, -0.25) is 9.68 Å². The Bertz CT molecular complexity index is 81.8. The summed E-state index contributed by atoms with van der Waals surface area (Å²) in [6, 6.07) is 0. The zero-order valence-corrected chi connectivity index (χ0v) is 7.41. The van der Waals surface area contributed by atoms with Crippen LogP contribution in [-0.4, -0.2) is 36.2 Å². The van der Waals surface area contributed by atoms with Crippen LogP contribution in [0.2, 0.25) is 0 Å². The summed E-state index contributed by atoms with van der Waals surface area (Å²) in [7, 11) is 0. The van der Waals surface area contributed by atoms with Crippen LogP contribution >= 0.6 is 0 Å². The van der Waals surface area contributed by atoms with E-state index in [1.54, 1.807) is 6.92 Å². The first-order valence-corrected chi connectivity index (χ1v) is 3.92. The smallest absolute Gasteiger partial charge is 0.0774 e. The Kier molecular flexibility index (Phi) is 6.45. The van der Waals surface area contributed by atoms with Crippen LogP contribution in [0.5, 0.6) is 0 Å². The highest BCUT2D eigenvalue weighted by Crippen LogP contribution is 1.94. The van der Waals surface area contributed by atoms with E-state index >= 15 is 0 Å². The van der Waals surface area contributed by atoms with Gasteiger partial charge < -0.3 is 5.11 Å². The van der Waals surface area contributed by atoms with Crippen molar-refractivity contribution in [2.45, 2.75) is 26.9 Å². The first-order chi connectivity index (χ1) is 5.20. The van der Waals surface area contributed by atoms with E-state index in [9.17, 15) is 0 Å². The van der Waals surface area contributed by atoms with Gasteiger partial charge in [0.1, 0.15) is 0 Å². The maximum absolute atomic E-state index is 8.97. The number of aliphatic hydroxyl groups excluding tert-OH is 1. The quantitative estimate of drug-likeness (QED) is 0.581. The summed E-state index contributed by atoms with van der Waals surface area (Å²) in [5.74, 6) is 0. The molecule has 0 spiro atoms. The summed E-state index contributed by atoms with van der Waals surface area (Å²) >= 11 is 0. The first-order valence-electron chi connectivity index (χ1n) is 3.92. The summed E-state index contributed by atoms with van der Waals surface area (Å²) in [4.78, 5) is 10.1. The Hall–Kier alpha value is -0.160. The molecular formula is C7H17NO3. The SMILES string of the molecule is CCON(CC(C)O)OCC. The van der Waals surface area contributed by atoms with Gasteiger partial charge in [0, 0.05) is 0 Å². The second-order valence-electron chi connectivity index (χ2n) is 2.20. The molecule has 0 aromatic carbocycles. The molecule has 1 N–H and O–H groups in total. The van der Waals surface area contributed by atoms with Gasteiger partial charge in [0.15, 0.2) is 0 Å². The fourth-order valence-corrected chi connectivity index (χ4v) is 0.646. The molecule has 1 atom stereocenters. The molecule has 0 rings (SSSR count). The average Bonchev–Trinajstić information content (AvgIpc) is 1.87. The number of nitrogens with zero attached hydrogens (tertiary/aromatic N) is 1. The van der Waals surface area contributed by atoms with Crippen molar-refractivity contribution in [1.29, 1.82) is 0 Å². The van der Waals surface area contributed by atoms with Gasteiger partial charge >= 0.3 is 0 Å². The van der Waals surface area contributed by atoms with Crippen LogP contribution in [0.25, 0.3) is 0 Å². The van der Waals surface area contributed by atoms with Crippen LogP contribution in [0.3, 0.4) is 0 Å². The molecule has 0 aliphatic carbocycles. The Morgan fingerprint density at radius 3 is 2.00 bits per heavy atom. The van der Waals surface area contributed by atoms with Crippen LogP contribution in [0.15, 0.2) is 0 Å². The van der Waals surface area contributed by atoms with E-state index in [0.717, 1.165) is 0 Å². The van der Waals surface area contributed by atoms with E-state index in [1.165, 1.54) is 5.23 Å². The summed E-state index contributed by atoms with van der Waals surface area (Å²) in [6.45, 7) is 6.90. The fourth-order valence-electron chi connectivity index (χ4n) is 0.646. The lowest BCUT2D eigenvalue weighted by Crippen LogP contribution is -2.31. The lowest BCUT2D eigenvalue weighted by atomic mass is 10.4. The van der Waals surface area contributed by atoms with E-state index in [0.29, 0.717) is 19.8 Å². The molecule has 0 radical (unpaired) electrons. The second kappa shape index (κ2) is 6.54. The standard InChI is InChI=1S/C7H17NO3/c1-4-10-8(11-5-2)6-7(3)9/h7,9H,4-6H2,1-3H3. The van der Waals surface area contributed by atoms with Crippen molar-refractivity contribution in [1.82, 2.24) is 5.23 Å². The highest BCUT2D eigenvalue weighted by atomic mass is 16.9. The van der Waals surface area contributed by atoms with E-state index in [4.69, 9.17) is 14.8 Å². The van der Waals surface area contributed by atoms with Crippen LogP contribution < -0.4 is 0 Å². The predicted octanol–water partition coefficient (Wildman–Crippen LogP) is 0.572. The lowest BCUT2D eigenvalue weighted by Gasteiger charge is -2.20. The maximum atomic E-state index is 8.97. The van der Waals surface area contributed by atoms with Gasteiger partial charge in [-0.05, 0) is 20.8 Å². The molecule has 0 fully saturated rings. The number of hydroxylamine groups is 2. The Morgan fingerprint density at radius 1 is 1.27 bits per heavy atom. The topological polar surface area (TPSA) is 41.9 Å². The summed E-state index contributed by atoms with van der Waals surface area (Å²) in [5, 5.41) is 10.3. The molecule has 4 heteroatoms. The highest BCUT2D eigenvalue weighted by Gasteiger charge is 2.06. The molecule has 0 aromatic rings. The third-order valence-electron chi connectivity index (χ3n) is 0.959. The highest BCUT2D eigenvalue weighted by molar-refractivity contribution is 4.43. The van der Waals surface area contributed by atoms with Gasteiger partial charge in [-0.15, -0.1) is 0 Å². The molecule has 0 saturated carbocycles. The third kappa shape index (κ3) is 6.25. The Balaban J connectivity index is 3.50. The van der Waals surface area contributed by atoms with E-state index < -0.39 is 6.10 Å². The number of rotatable bonds is 6. The third-order valence-corrected chi connectivity index (χ3v) is 0.959. The Labute approximate surface area is 67.6 Å². The van der Waals surface area contributed by atoms with Gasteiger partial charge in [-0.1, -0.05) is 5.23 Å². The number of hydrogen-bond acceptors (Lipinski definition) is 4. The average molecular weight is 163 g/mol. The molecule has 0 saturated heterocycles. The van der Waals surface area contributed by atoms with Crippen molar-refractivity contribution >= 4 is 0 Å². The first kappa shape index (κ1) is 10.8. The van der Waals surface area contributed by atoms with Crippen LogP contribution in [0.4, 0.5) is 0 Å². The molecule has 0 aliphatic heterocycles. The maximum Gasteiger partial charge on any atom is 0.0774 e. The largest absolute Gasteiger partial charge is 0.392 e. The summed E-state index contributed by atoms with van der Waals surface area (Å²) in [6.07, 6.45) is -0.437. The molecule has 0 heterocycles. The second-order valence-corrected chi connectivity index (χ2v) is 2.20. The van der Waals surface area contributed by atoms with Crippen molar-refractivity contribution in [2.75, 3.05) is 19.8 Å². The molecule has 0 amide bonds. The van der Waals surface area contributed by atoms with Crippen molar-refractivity contribution in [3.63, 3.8) is 0 Å². The molecule has 1 unspecified atom stereocenters. The van der Waals surface area contributed by atoms with Gasteiger partial charge in [0.05, 0.1) is 25.9 Å². The van der Waals surface area contributed by atoms with Crippen LogP contribution in [0, 0.1) is 0 Å². The van der Waals surface area contributed by atoms with Crippen LogP contribution in [0.1, 0.15) is 20.8 Å². The fraction of sp³-hybridized carbons (Fsp3) is 1.00. The zero-order chi connectivity index (χ0) is 8.69. The van der Waals surface area contributed by atoms with Crippen molar-refractivity contribution in [2.24, 2.45) is 0 Å². The van der Waals surface area contributed by atoms with Crippen LogP contribution in [-0.2, 0) is 9.68 Å². The molecule has 0 aliphatic rings. The molecule has 0 aromatic heterocycles. The van der Waals surface area contributed by atoms with Gasteiger partial charge in [-0.2, -0.15) is 0 Å². The molecule has 11 heavy (non-hydrogen) atoms. The van der Waals surface area contributed by atoms with E-state index in [1.807, 2.05) is 13.8 Å². The monoisotopic (exact) mass is 163 g/mol. The predicted molar refractivity (Wildman–Crippen MR) is 41.6 cm³/mol. The minimum absolute atomic E-state index is 0.377. The molecule has 0 bridgehead atoms. The molecule has 4 nitrogen and oxygen atoms in total. The van der Waals surface area contributed by atoms with Crippen molar-refractivity contribution in [3.8, 4) is 0 Å². The minimum Gasteiger partial charge on any atom is -0.392 e. The van der Waals surface area contributed by atoms with E-state index in [-0.39, 0.29) is 0 Å². The zero-order valence-electron chi connectivity index (χ0n) is 7.41. The summed E-state index contributed by atoms with van der Waals surface area (Å²) in [5.41, 5.74) is 0. The Morgan fingerprint density at radius 2 is 1.73 bits per heavy atom.